The van der Waals surface area contributed by atoms with Gasteiger partial charge in [-0.05, 0) is 31.9 Å². The van der Waals surface area contributed by atoms with E-state index in [0.717, 1.165) is 38.5 Å². The van der Waals surface area contributed by atoms with Crippen molar-refractivity contribution in [2.75, 3.05) is 6.61 Å². The number of nitrogens with zero attached hydrogens (tertiary/aromatic N) is 4. The molecule has 1 fully saturated rings. The molecule has 2 aromatic rings. The van der Waals surface area contributed by atoms with Crippen LogP contribution in [0.25, 0.3) is 5.65 Å². The van der Waals surface area contributed by atoms with Crippen LogP contribution >= 0.6 is 0 Å². The van der Waals surface area contributed by atoms with Crippen molar-refractivity contribution in [2.24, 2.45) is 0 Å². The van der Waals surface area contributed by atoms with E-state index in [-0.39, 0.29) is 5.97 Å². The third-order valence-electron chi connectivity index (χ3n) is 4.23. The smallest absolute Gasteiger partial charge is 0.319 e. The molecule has 6 nitrogen and oxygen atoms in total. The number of esters is 1. The molecule has 112 valence electrons. The zero-order chi connectivity index (χ0) is 14.7. The van der Waals surface area contributed by atoms with Gasteiger partial charge in [-0.3, -0.25) is 4.79 Å². The Morgan fingerprint density at radius 1 is 1.29 bits per heavy atom. The van der Waals surface area contributed by atoms with E-state index < -0.39 is 5.41 Å². The maximum absolute atomic E-state index is 12.7. The SMILES string of the molecule is CCOC(=O)C1(c2nnc3cccnn23)CCCCCC1. The van der Waals surface area contributed by atoms with E-state index >= 15 is 0 Å². The van der Waals surface area contributed by atoms with Gasteiger partial charge in [-0.2, -0.15) is 9.61 Å². The maximum Gasteiger partial charge on any atom is 0.319 e. The molecule has 3 rings (SSSR count). The lowest BCUT2D eigenvalue weighted by atomic mass is 9.79. The molecule has 2 aromatic heterocycles. The van der Waals surface area contributed by atoms with Gasteiger partial charge in [0.1, 0.15) is 5.41 Å². The van der Waals surface area contributed by atoms with Crippen LogP contribution in [0.1, 0.15) is 51.3 Å². The standard InChI is InChI=1S/C15H20N4O2/c1-2-21-14(20)15(9-5-3-4-6-10-15)13-18-17-12-8-7-11-16-19(12)13/h7-8,11H,2-6,9-10H2,1H3. The van der Waals surface area contributed by atoms with Crippen LogP contribution in [0.2, 0.25) is 0 Å². The zero-order valence-electron chi connectivity index (χ0n) is 12.3. The van der Waals surface area contributed by atoms with E-state index in [2.05, 4.69) is 15.3 Å². The Morgan fingerprint density at radius 2 is 2.05 bits per heavy atom. The predicted octanol–water partition coefficient (Wildman–Crippen LogP) is 2.28. The van der Waals surface area contributed by atoms with Gasteiger partial charge in [0.15, 0.2) is 11.5 Å². The Labute approximate surface area is 123 Å². The molecule has 0 radical (unpaired) electrons. The molecule has 0 aromatic carbocycles. The van der Waals surface area contributed by atoms with Crippen LogP contribution in [0, 0.1) is 0 Å². The first-order chi connectivity index (χ1) is 10.3. The summed E-state index contributed by atoms with van der Waals surface area (Å²) in [5.41, 5.74) is -0.0410. The van der Waals surface area contributed by atoms with Crippen LogP contribution in [-0.4, -0.2) is 32.4 Å². The zero-order valence-corrected chi connectivity index (χ0v) is 12.3. The minimum absolute atomic E-state index is 0.188. The van der Waals surface area contributed by atoms with Crippen LogP contribution in [0.3, 0.4) is 0 Å². The second-order valence-corrected chi connectivity index (χ2v) is 5.53. The lowest BCUT2D eigenvalue weighted by molar-refractivity contribution is -0.151. The number of ether oxygens (including phenoxy) is 1. The van der Waals surface area contributed by atoms with E-state index in [1.54, 1.807) is 10.7 Å². The summed E-state index contributed by atoms with van der Waals surface area (Å²) in [7, 11) is 0. The summed E-state index contributed by atoms with van der Waals surface area (Å²) in [5.74, 6) is 0.435. The van der Waals surface area contributed by atoms with E-state index in [9.17, 15) is 4.79 Å². The van der Waals surface area contributed by atoms with Gasteiger partial charge in [-0.15, -0.1) is 10.2 Å². The molecule has 2 heterocycles. The van der Waals surface area contributed by atoms with Crippen molar-refractivity contribution >= 4 is 11.6 Å². The highest BCUT2D eigenvalue weighted by Gasteiger charge is 2.46. The molecule has 0 aliphatic heterocycles. The summed E-state index contributed by atoms with van der Waals surface area (Å²) < 4.78 is 7.05. The van der Waals surface area contributed by atoms with Crippen molar-refractivity contribution in [1.82, 2.24) is 19.8 Å². The lowest BCUT2D eigenvalue weighted by Gasteiger charge is -2.27. The number of hydrogen-bond acceptors (Lipinski definition) is 5. The molecular weight excluding hydrogens is 268 g/mol. The topological polar surface area (TPSA) is 69.4 Å². The Kier molecular flexibility index (Phi) is 3.86. The molecule has 0 bridgehead atoms. The van der Waals surface area contributed by atoms with Crippen LogP contribution in [0.15, 0.2) is 18.3 Å². The Morgan fingerprint density at radius 3 is 2.76 bits per heavy atom. The number of aromatic nitrogens is 4. The van der Waals surface area contributed by atoms with E-state index in [4.69, 9.17) is 4.74 Å². The summed E-state index contributed by atoms with van der Waals surface area (Å²) in [6.45, 7) is 2.22. The minimum atomic E-state index is -0.708. The Balaban J connectivity index is 2.11. The van der Waals surface area contributed by atoms with Crippen LogP contribution in [-0.2, 0) is 14.9 Å². The number of hydrogen-bond donors (Lipinski definition) is 0. The molecule has 1 aliphatic rings. The van der Waals surface area contributed by atoms with Gasteiger partial charge in [0.2, 0.25) is 0 Å². The minimum Gasteiger partial charge on any atom is -0.465 e. The molecule has 0 saturated heterocycles. The summed E-state index contributed by atoms with van der Waals surface area (Å²) in [5, 5.41) is 12.8. The van der Waals surface area contributed by atoms with Gasteiger partial charge in [-0.1, -0.05) is 25.7 Å². The molecule has 21 heavy (non-hydrogen) atoms. The molecule has 0 N–H and O–H groups in total. The van der Waals surface area contributed by atoms with Gasteiger partial charge < -0.3 is 4.74 Å². The van der Waals surface area contributed by atoms with E-state index in [1.165, 1.54) is 0 Å². The van der Waals surface area contributed by atoms with E-state index in [0.29, 0.717) is 18.1 Å². The van der Waals surface area contributed by atoms with Crippen molar-refractivity contribution in [3.63, 3.8) is 0 Å². The quantitative estimate of drug-likeness (QED) is 0.640. The lowest BCUT2D eigenvalue weighted by Crippen LogP contribution is -2.39. The van der Waals surface area contributed by atoms with Crippen molar-refractivity contribution in [3.05, 3.63) is 24.2 Å². The summed E-state index contributed by atoms with van der Waals surface area (Å²) in [6, 6.07) is 3.66. The predicted molar refractivity (Wildman–Crippen MR) is 76.8 cm³/mol. The van der Waals surface area contributed by atoms with Crippen molar-refractivity contribution in [1.29, 1.82) is 0 Å². The molecule has 6 heteroatoms. The normalized spacial score (nSPS) is 18.3. The molecule has 0 atom stereocenters. The van der Waals surface area contributed by atoms with Crippen LogP contribution in [0.4, 0.5) is 0 Å². The molecular formula is C15H20N4O2. The molecule has 0 amide bonds. The Hall–Kier alpha value is -1.98. The fraction of sp³-hybridized carbons (Fsp3) is 0.600. The number of carbonyl (C=O) groups is 1. The summed E-state index contributed by atoms with van der Waals surface area (Å²) in [6.07, 6.45) is 7.49. The van der Waals surface area contributed by atoms with Crippen molar-refractivity contribution < 1.29 is 9.53 Å². The summed E-state index contributed by atoms with van der Waals surface area (Å²) in [4.78, 5) is 12.7. The summed E-state index contributed by atoms with van der Waals surface area (Å²) >= 11 is 0. The average Bonchev–Trinajstić information content (AvgIpc) is 2.78. The average molecular weight is 288 g/mol. The van der Waals surface area contributed by atoms with Crippen molar-refractivity contribution in [2.45, 2.75) is 50.9 Å². The highest BCUT2D eigenvalue weighted by atomic mass is 16.5. The fourth-order valence-corrected chi connectivity index (χ4v) is 3.16. The number of fused-ring (bicyclic) bond motifs is 1. The largest absolute Gasteiger partial charge is 0.465 e. The first-order valence-electron chi connectivity index (χ1n) is 7.62. The van der Waals surface area contributed by atoms with E-state index in [1.807, 2.05) is 19.1 Å². The first kappa shape index (κ1) is 14.0. The highest BCUT2D eigenvalue weighted by Crippen LogP contribution is 2.38. The fourth-order valence-electron chi connectivity index (χ4n) is 3.16. The highest BCUT2D eigenvalue weighted by molar-refractivity contribution is 5.82. The number of rotatable bonds is 3. The molecule has 0 spiro atoms. The van der Waals surface area contributed by atoms with Gasteiger partial charge in [0.25, 0.3) is 0 Å². The van der Waals surface area contributed by atoms with Gasteiger partial charge in [0.05, 0.1) is 6.61 Å². The molecule has 0 unspecified atom stereocenters. The third kappa shape index (κ3) is 2.39. The second-order valence-electron chi connectivity index (χ2n) is 5.53. The monoisotopic (exact) mass is 288 g/mol. The van der Waals surface area contributed by atoms with Gasteiger partial charge in [-0.25, -0.2) is 0 Å². The van der Waals surface area contributed by atoms with Gasteiger partial charge in [0, 0.05) is 6.20 Å². The van der Waals surface area contributed by atoms with Crippen LogP contribution < -0.4 is 0 Å². The third-order valence-corrected chi connectivity index (χ3v) is 4.23. The van der Waals surface area contributed by atoms with Gasteiger partial charge >= 0.3 is 5.97 Å². The van der Waals surface area contributed by atoms with Crippen LogP contribution in [0.5, 0.6) is 0 Å². The molecule has 1 aliphatic carbocycles. The number of carbonyl (C=O) groups excluding carboxylic acids is 1. The second kappa shape index (κ2) is 5.79. The molecule has 1 saturated carbocycles. The first-order valence-corrected chi connectivity index (χ1v) is 7.62. The Bertz CT molecular complexity index is 629. The maximum atomic E-state index is 12.7. The van der Waals surface area contributed by atoms with Crippen molar-refractivity contribution in [3.8, 4) is 0 Å².